The molecule has 132 valence electrons. The summed E-state index contributed by atoms with van der Waals surface area (Å²) in [6.07, 6.45) is 2.55. The van der Waals surface area contributed by atoms with Gasteiger partial charge in [0.1, 0.15) is 6.61 Å². The maximum Gasteiger partial charge on any atom is 0.408 e. The molecule has 1 saturated carbocycles. The van der Waals surface area contributed by atoms with Gasteiger partial charge in [-0.05, 0) is 32.3 Å². The minimum absolute atomic E-state index is 0.0893. The van der Waals surface area contributed by atoms with Gasteiger partial charge in [-0.15, -0.1) is 0 Å². The van der Waals surface area contributed by atoms with Crippen molar-refractivity contribution in [1.29, 1.82) is 0 Å². The monoisotopic (exact) mass is 335 g/mol. The van der Waals surface area contributed by atoms with Crippen LogP contribution in [0.5, 0.6) is 0 Å². The molecule has 1 aromatic rings. The number of rotatable bonds is 7. The van der Waals surface area contributed by atoms with E-state index in [2.05, 4.69) is 5.32 Å². The van der Waals surface area contributed by atoms with Crippen LogP contribution in [-0.4, -0.2) is 34.9 Å². The highest BCUT2D eigenvalue weighted by Crippen LogP contribution is 2.34. The Labute approximate surface area is 142 Å². The molecule has 0 heterocycles. The number of ether oxygens (including phenoxy) is 2. The molecular formula is C18H25NO5. The normalized spacial score (nSPS) is 18.6. The Morgan fingerprint density at radius 3 is 2.46 bits per heavy atom. The highest BCUT2D eigenvalue weighted by molar-refractivity contribution is 5.80. The Balaban J connectivity index is 1.87. The lowest BCUT2D eigenvalue weighted by Gasteiger charge is -2.31. The standard InChI is InChI=1S/C18H25NO5/c1-13(24-18(2)10-6-7-11-18)15(16(20)21)19-17(22)23-12-14-8-4-3-5-9-14/h3-5,8-9,13,15H,6-7,10-12H2,1-2H3,(H,19,22)(H,20,21)/t13-,15+/m1/s1. The van der Waals surface area contributed by atoms with Gasteiger partial charge < -0.3 is 19.9 Å². The molecule has 0 unspecified atom stereocenters. The molecule has 0 saturated heterocycles. The molecule has 1 aliphatic rings. The molecule has 2 N–H and O–H groups in total. The number of hydrogen-bond acceptors (Lipinski definition) is 4. The molecule has 24 heavy (non-hydrogen) atoms. The van der Waals surface area contributed by atoms with Crippen LogP contribution >= 0.6 is 0 Å². The van der Waals surface area contributed by atoms with E-state index in [1.807, 2.05) is 37.3 Å². The first kappa shape index (κ1) is 18.3. The fourth-order valence-electron chi connectivity index (χ4n) is 3.03. The van der Waals surface area contributed by atoms with E-state index in [4.69, 9.17) is 9.47 Å². The first-order valence-electron chi connectivity index (χ1n) is 8.27. The van der Waals surface area contributed by atoms with Gasteiger partial charge in [-0.1, -0.05) is 43.2 Å². The van der Waals surface area contributed by atoms with Gasteiger partial charge in [0.2, 0.25) is 0 Å². The number of nitrogens with one attached hydrogen (secondary N) is 1. The minimum atomic E-state index is -1.15. The SMILES string of the molecule is C[C@@H](OC1(C)CCCC1)[C@H](NC(=O)OCc1ccccc1)C(=O)O. The smallest absolute Gasteiger partial charge is 0.408 e. The highest BCUT2D eigenvalue weighted by Gasteiger charge is 2.36. The predicted octanol–water partition coefficient (Wildman–Crippen LogP) is 3.10. The van der Waals surface area contributed by atoms with Gasteiger partial charge in [-0.25, -0.2) is 9.59 Å². The number of benzene rings is 1. The molecule has 0 bridgehead atoms. The fraction of sp³-hybridized carbons (Fsp3) is 0.556. The maximum absolute atomic E-state index is 11.9. The lowest BCUT2D eigenvalue weighted by Crippen LogP contribution is -2.51. The number of carbonyl (C=O) groups excluding carboxylic acids is 1. The van der Waals surface area contributed by atoms with Crippen molar-refractivity contribution in [3.63, 3.8) is 0 Å². The maximum atomic E-state index is 11.9. The molecule has 0 radical (unpaired) electrons. The molecule has 2 rings (SSSR count). The van der Waals surface area contributed by atoms with Gasteiger partial charge in [0.05, 0.1) is 11.7 Å². The average Bonchev–Trinajstić information content (AvgIpc) is 2.97. The second-order valence-electron chi connectivity index (χ2n) is 6.50. The fourth-order valence-corrected chi connectivity index (χ4v) is 3.03. The minimum Gasteiger partial charge on any atom is -0.480 e. The van der Waals surface area contributed by atoms with Crippen LogP contribution in [0.4, 0.5) is 4.79 Å². The zero-order valence-corrected chi connectivity index (χ0v) is 14.2. The third kappa shape index (κ3) is 5.23. The Bertz CT molecular complexity index is 554. The van der Waals surface area contributed by atoms with Crippen LogP contribution in [0.25, 0.3) is 0 Å². The second-order valence-corrected chi connectivity index (χ2v) is 6.50. The van der Waals surface area contributed by atoms with Crippen LogP contribution in [0.2, 0.25) is 0 Å². The molecule has 0 spiro atoms. The van der Waals surface area contributed by atoms with Crippen molar-refractivity contribution < 1.29 is 24.2 Å². The number of amides is 1. The quantitative estimate of drug-likeness (QED) is 0.800. The van der Waals surface area contributed by atoms with Crippen LogP contribution in [-0.2, 0) is 20.9 Å². The average molecular weight is 335 g/mol. The van der Waals surface area contributed by atoms with Gasteiger partial charge in [-0.3, -0.25) is 0 Å². The molecule has 6 heteroatoms. The molecule has 2 atom stereocenters. The van der Waals surface area contributed by atoms with Crippen LogP contribution in [0.3, 0.4) is 0 Å². The first-order chi connectivity index (χ1) is 11.4. The van der Waals surface area contributed by atoms with Gasteiger partial charge in [0, 0.05) is 0 Å². The summed E-state index contributed by atoms with van der Waals surface area (Å²) in [4.78, 5) is 23.4. The van der Waals surface area contributed by atoms with E-state index in [1.165, 1.54) is 0 Å². The van der Waals surface area contributed by atoms with Crippen molar-refractivity contribution in [2.45, 2.75) is 63.9 Å². The molecule has 6 nitrogen and oxygen atoms in total. The summed E-state index contributed by atoms with van der Waals surface area (Å²) < 4.78 is 11.0. The molecule has 1 aromatic carbocycles. The van der Waals surface area contributed by atoms with E-state index in [0.717, 1.165) is 31.2 Å². The topological polar surface area (TPSA) is 84.9 Å². The summed E-state index contributed by atoms with van der Waals surface area (Å²) in [7, 11) is 0. The Kier molecular flexibility index (Phi) is 6.20. The zero-order valence-electron chi connectivity index (χ0n) is 14.2. The van der Waals surface area contributed by atoms with Crippen molar-refractivity contribution in [2.75, 3.05) is 0 Å². The van der Waals surface area contributed by atoms with E-state index < -0.39 is 24.2 Å². The van der Waals surface area contributed by atoms with Crippen molar-refractivity contribution in [3.8, 4) is 0 Å². The zero-order chi connectivity index (χ0) is 17.6. The summed E-state index contributed by atoms with van der Waals surface area (Å²) in [5.41, 5.74) is 0.519. The van der Waals surface area contributed by atoms with Gasteiger partial charge in [0.25, 0.3) is 0 Å². The number of aliphatic carboxylic acids is 1. The van der Waals surface area contributed by atoms with Gasteiger partial charge >= 0.3 is 12.1 Å². The Hall–Kier alpha value is -2.08. The van der Waals surface area contributed by atoms with Gasteiger partial charge in [0.15, 0.2) is 6.04 Å². The molecule has 1 amide bonds. The largest absolute Gasteiger partial charge is 0.480 e. The molecular weight excluding hydrogens is 310 g/mol. The summed E-state index contributed by atoms with van der Waals surface area (Å²) in [6.45, 7) is 3.74. The second kappa shape index (κ2) is 8.15. The van der Waals surface area contributed by atoms with Crippen LogP contribution in [0.1, 0.15) is 45.1 Å². The lowest BCUT2D eigenvalue weighted by atomic mass is 10.0. The molecule has 1 fully saturated rings. The summed E-state index contributed by atoms with van der Waals surface area (Å²) in [6, 6.07) is 8.06. The highest BCUT2D eigenvalue weighted by atomic mass is 16.6. The predicted molar refractivity (Wildman–Crippen MR) is 88.6 cm³/mol. The van der Waals surface area contributed by atoms with E-state index in [0.29, 0.717) is 0 Å². The first-order valence-corrected chi connectivity index (χ1v) is 8.27. The van der Waals surface area contributed by atoms with E-state index in [1.54, 1.807) is 6.92 Å². The van der Waals surface area contributed by atoms with Crippen molar-refractivity contribution in [1.82, 2.24) is 5.32 Å². The Morgan fingerprint density at radius 1 is 1.25 bits per heavy atom. The summed E-state index contributed by atoms with van der Waals surface area (Å²) in [5.74, 6) is -1.14. The lowest BCUT2D eigenvalue weighted by molar-refractivity contribution is -0.148. The molecule has 1 aliphatic carbocycles. The van der Waals surface area contributed by atoms with Crippen molar-refractivity contribution >= 4 is 12.1 Å². The number of carboxylic acid groups (broad SMARTS) is 1. The van der Waals surface area contributed by atoms with Crippen molar-refractivity contribution in [3.05, 3.63) is 35.9 Å². The van der Waals surface area contributed by atoms with E-state index in [9.17, 15) is 14.7 Å². The number of hydrogen-bond donors (Lipinski definition) is 2. The van der Waals surface area contributed by atoms with Crippen molar-refractivity contribution in [2.24, 2.45) is 0 Å². The number of alkyl carbamates (subject to hydrolysis) is 1. The van der Waals surface area contributed by atoms with Crippen LogP contribution in [0.15, 0.2) is 30.3 Å². The third-order valence-electron chi connectivity index (χ3n) is 4.35. The summed E-state index contributed by atoms with van der Waals surface area (Å²) in [5, 5.41) is 11.8. The van der Waals surface area contributed by atoms with E-state index in [-0.39, 0.29) is 12.2 Å². The van der Waals surface area contributed by atoms with Gasteiger partial charge in [-0.2, -0.15) is 0 Å². The van der Waals surface area contributed by atoms with E-state index >= 15 is 0 Å². The Morgan fingerprint density at radius 2 is 1.88 bits per heavy atom. The molecule has 0 aliphatic heterocycles. The number of carboxylic acids is 1. The summed E-state index contributed by atoms with van der Waals surface area (Å²) >= 11 is 0. The van der Waals surface area contributed by atoms with Crippen LogP contribution in [0, 0.1) is 0 Å². The van der Waals surface area contributed by atoms with Crippen LogP contribution < -0.4 is 5.32 Å². The third-order valence-corrected chi connectivity index (χ3v) is 4.35. The molecule has 0 aromatic heterocycles. The number of carbonyl (C=O) groups is 2.